The zero-order valence-electron chi connectivity index (χ0n) is 10.2. The first-order valence-corrected chi connectivity index (χ1v) is 7.11. The lowest BCUT2D eigenvalue weighted by atomic mass is 10.2. The molecule has 5 heteroatoms. The standard InChI is InChI=1S/C14H14N2O2S/c1-2-11-5-3-4-6-14(11)16-19(17,18)13-9-7-12(15)8-10-13/h2-10,16H,1,15H2. The zero-order valence-corrected chi connectivity index (χ0v) is 11.0. The third-order valence-electron chi connectivity index (χ3n) is 2.62. The molecule has 2 aromatic carbocycles. The summed E-state index contributed by atoms with van der Waals surface area (Å²) in [6.45, 7) is 3.65. The first-order valence-electron chi connectivity index (χ1n) is 5.63. The molecule has 2 rings (SSSR count). The largest absolute Gasteiger partial charge is 0.399 e. The summed E-state index contributed by atoms with van der Waals surface area (Å²) in [6, 6.07) is 13.1. The lowest BCUT2D eigenvalue weighted by Gasteiger charge is -2.10. The molecule has 0 fully saturated rings. The molecular weight excluding hydrogens is 260 g/mol. The van der Waals surface area contributed by atoms with Crippen molar-refractivity contribution < 1.29 is 8.42 Å². The maximum absolute atomic E-state index is 12.2. The van der Waals surface area contributed by atoms with Gasteiger partial charge in [-0.3, -0.25) is 4.72 Å². The molecule has 0 heterocycles. The Bertz CT molecular complexity index is 692. The molecule has 4 nitrogen and oxygen atoms in total. The summed E-state index contributed by atoms with van der Waals surface area (Å²) in [6.07, 6.45) is 1.60. The second-order valence-corrected chi connectivity index (χ2v) is 5.65. The van der Waals surface area contributed by atoms with Gasteiger partial charge in [-0.25, -0.2) is 8.42 Å². The van der Waals surface area contributed by atoms with E-state index in [1.807, 2.05) is 6.07 Å². The Balaban J connectivity index is 2.36. The van der Waals surface area contributed by atoms with Gasteiger partial charge in [0.1, 0.15) is 0 Å². The van der Waals surface area contributed by atoms with Crippen molar-refractivity contribution in [3.8, 4) is 0 Å². The van der Waals surface area contributed by atoms with Crippen molar-refractivity contribution in [1.82, 2.24) is 0 Å². The highest BCUT2D eigenvalue weighted by Gasteiger charge is 2.14. The van der Waals surface area contributed by atoms with Crippen molar-refractivity contribution in [2.75, 3.05) is 10.5 Å². The number of nitrogen functional groups attached to an aromatic ring is 1. The molecule has 19 heavy (non-hydrogen) atoms. The van der Waals surface area contributed by atoms with Gasteiger partial charge in [0.15, 0.2) is 0 Å². The van der Waals surface area contributed by atoms with Crippen molar-refractivity contribution >= 4 is 27.5 Å². The summed E-state index contributed by atoms with van der Waals surface area (Å²) in [5.41, 5.74) is 7.28. The van der Waals surface area contributed by atoms with E-state index in [0.29, 0.717) is 11.4 Å². The molecule has 0 radical (unpaired) electrons. The number of nitrogens with one attached hydrogen (secondary N) is 1. The van der Waals surface area contributed by atoms with Crippen molar-refractivity contribution in [2.24, 2.45) is 0 Å². The Morgan fingerprint density at radius 1 is 1.05 bits per heavy atom. The van der Waals surface area contributed by atoms with Gasteiger partial charge in [-0.15, -0.1) is 0 Å². The van der Waals surface area contributed by atoms with Crippen LogP contribution in [0.25, 0.3) is 6.08 Å². The van der Waals surface area contributed by atoms with Gasteiger partial charge in [0.2, 0.25) is 0 Å². The van der Waals surface area contributed by atoms with E-state index < -0.39 is 10.0 Å². The predicted octanol–water partition coefficient (Wildman–Crippen LogP) is 2.71. The summed E-state index contributed by atoms with van der Waals surface area (Å²) < 4.78 is 26.9. The highest BCUT2D eigenvalue weighted by molar-refractivity contribution is 7.92. The van der Waals surface area contributed by atoms with E-state index >= 15 is 0 Å². The molecule has 0 bridgehead atoms. The maximum atomic E-state index is 12.2. The van der Waals surface area contributed by atoms with Gasteiger partial charge in [-0.2, -0.15) is 0 Å². The Kier molecular flexibility index (Phi) is 3.57. The molecule has 0 spiro atoms. The summed E-state index contributed by atoms with van der Waals surface area (Å²) in [5, 5.41) is 0. The second kappa shape index (κ2) is 5.16. The molecule has 98 valence electrons. The highest BCUT2D eigenvalue weighted by Crippen LogP contribution is 2.21. The van der Waals surface area contributed by atoms with Gasteiger partial charge < -0.3 is 5.73 Å². The summed E-state index contributed by atoms with van der Waals surface area (Å²) >= 11 is 0. The quantitative estimate of drug-likeness (QED) is 0.842. The van der Waals surface area contributed by atoms with Crippen LogP contribution in [0.5, 0.6) is 0 Å². The number of para-hydroxylation sites is 1. The normalized spacial score (nSPS) is 10.9. The van der Waals surface area contributed by atoms with Gasteiger partial charge in [-0.05, 0) is 35.9 Å². The first kappa shape index (κ1) is 13.2. The van der Waals surface area contributed by atoms with Crippen LogP contribution in [0.1, 0.15) is 5.56 Å². The molecule has 0 saturated carbocycles. The van der Waals surface area contributed by atoms with Gasteiger partial charge in [-0.1, -0.05) is 30.9 Å². The Labute approximate surface area is 112 Å². The molecule has 0 amide bonds. The molecule has 0 saturated heterocycles. The molecular formula is C14H14N2O2S. The maximum Gasteiger partial charge on any atom is 0.261 e. The number of sulfonamides is 1. The predicted molar refractivity (Wildman–Crippen MR) is 78.2 cm³/mol. The molecule has 0 aliphatic carbocycles. The Morgan fingerprint density at radius 3 is 2.32 bits per heavy atom. The van der Waals surface area contributed by atoms with E-state index in [-0.39, 0.29) is 4.90 Å². The number of hydrogen-bond donors (Lipinski definition) is 2. The van der Waals surface area contributed by atoms with Crippen LogP contribution < -0.4 is 10.5 Å². The van der Waals surface area contributed by atoms with Gasteiger partial charge in [0.25, 0.3) is 10.0 Å². The van der Waals surface area contributed by atoms with E-state index in [2.05, 4.69) is 11.3 Å². The smallest absolute Gasteiger partial charge is 0.261 e. The molecule has 0 aliphatic heterocycles. The van der Waals surface area contributed by atoms with Crippen LogP contribution in [0.4, 0.5) is 11.4 Å². The lowest BCUT2D eigenvalue weighted by molar-refractivity contribution is 0.601. The van der Waals surface area contributed by atoms with E-state index in [4.69, 9.17) is 5.73 Å². The van der Waals surface area contributed by atoms with E-state index in [0.717, 1.165) is 5.56 Å². The van der Waals surface area contributed by atoms with Crippen LogP contribution in [0.3, 0.4) is 0 Å². The van der Waals surface area contributed by atoms with Crippen LogP contribution in [-0.2, 0) is 10.0 Å². The highest BCUT2D eigenvalue weighted by atomic mass is 32.2. The number of benzene rings is 2. The average molecular weight is 274 g/mol. The van der Waals surface area contributed by atoms with E-state index in [1.165, 1.54) is 12.1 Å². The topological polar surface area (TPSA) is 72.2 Å². The number of anilines is 2. The van der Waals surface area contributed by atoms with Crippen LogP contribution in [-0.4, -0.2) is 8.42 Å². The minimum absolute atomic E-state index is 0.167. The van der Waals surface area contributed by atoms with Crippen LogP contribution in [0, 0.1) is 0 Å². The SMILES string of the molecule is C=Cc1ccccc1NS(=O)(=O)c1ccc(N)cc1. The molecule has 0 aliphatic rings. The summed E-state index contributed by atoms with van der Waals surface area (Å²) in [7, 11) is -3.62. The van der Waals surface area contributed by atoms with Gasteiger partial charge in [0, 0.05) is 5.69 Å². The summed E-state index contributed by atoms with van der Waals surface area (Å²) in [5.74, 6) is 0. The van der Waals surface area contributed by atoms with Crippen LogP contribution in [0.2, 0.25) is 0 Å². The minimum Gasteiger partial charge on any atom is -0.399 e. The molecule has 0 aromatic heterocycles. The average Bonchev–Trinajstić information content (AvgIpc) is 2.39. The van der Waals surface area contributed by atoms with Crippen LogP contribution >= 0.6 is 0 Å². The van der Waals surface area contributed by atoms with Crippen LogP contribution in [0.15, 0.2) is 60.0 Å². The monoisotopic (exact) mass is 274 g/mol. The fourth-order valence-electron chi connectivity index (χ4n) is 1.62. The minimum atomic E-state index is -3.62. The fourth-order valence-corrected chi connectivity index (χ4v) is 2.71. The Hall–Kier alpha value is -2.27. The number of nitrogens with two attached hydrogens (primary N) is 1. The van der Waals surface area contributed by atoms with Crippen molar-refractivity contribution in [3.63, 3.8) is 0 Å². The zero-order chi connectivity index (χ0) is 13.9. The summed E-state index contributed by atoms with van der Waals surface area (Å²) in [4.78, 5) is 0.167. The molecule has 0 unspecified atom stereocenters. The second-order valence-electron chi connectivity index (χ2n) is 3.97. The van der Waals surface area contributed by atoms with Crippen molar-refractivity contribution in [2.45, 2.75) is 4.90 Å². The third-order valence-corrected chi connectivity index (χ3v) is 4.00. The first-order chi connectivity index (χ1) is 9.03. The third kappa shape index (κ3) is 2.95. The van der Waals surface area contributed by atoms with Crippen molar-refractivity contribution in [3.05, 3.63) is 60.7 Å². The number of rotatable bonds is 4. The van der Waals surface area contributed by atoms with Crippen molar-refractivity contribution in [1.29, 1.82) is 0 Å². The molecule has 3 N–H and O–H groups in total. The Morgan fingerprint density at radius 2 is 1.68 bits per heavy atom. The van der Waals surface area contributed by atoms with E-state index in [1.54, 1.807) is 36.4 Å². The molecule has 0 atom stereocenters. The molecule has 2 aromatic rings. The fraction of sp³-hybridized carbons (Fsp3) is 0. The number of hydrogen-bond acceptors (Lipinski definition) is 3. The lowest BCUT2D eigenvalue weighted by Crippen LogP contribution is -2.13. The van der Waals surface area contributed by atoms with Gasteiger partial charge in [0.05, 0.1) is 10.6 Å². The van der Waals surface area contributed by atoms with Gasteiger partial charge >= 0.3 is 0 Å². The van der Waals surface area contributed by atoms with E-state index in [9.17, 15) is 8.42 Å².